The summed E-state index contributed by atoms with van der Waals surface area (Å²) in [7, 11) is 0. The minimum Gasteiger partial charge on any atom is -0.466 e. The van der Waals surface area contributed by atoms with Crippen molar-refractivity contribution in [2.24, 2.45) is 5.92 Å². The van der Waals surface area contributed by atoms with Gasteiger partial charge in [-0.05, 0) is 62.6 Å². The minimum absolute atomic E-state index is 0.0917. The molecule has 1 aromatic rings. The summed E-state index contributed by atoms with van der Waals surface area (Å²) in [5.41, 5.74) is 2.44. The smallest absolute Gasteiger partial charge is 0.326 e. The Morgan fingerprint density at radius 1 is 1.21 bits per heavy atom. The van der Waals surface area contributed by atoms with Gasteiger partial charge in [0.1, 0.15) is 5.54 Å². The summed E-state index contributed by atoms with van der Waals surface area (Å²) in [6.07, 6.45) is 4.62. The van der Waals surface area contributed by atoms with Gasteiger partial charge in [-0.25, -0.2) is 9.69 Å². The maximum atomic E-state index is 13.2. The van der Waals surface area contributed by atoms with E-state index in [0.29, 0.717) is 32.5 Å². The lowest BCUT2D eigenvalue weighted by molar-refractivity contribution is -0.150. The number of fused-ring (bicyclic) bond motifs is 1. The number of benzene rings is 1. The maximum Gasteiger partial charge on any atom is 0.326 e. The predicted molar refractivity (Wildman–Crippen MR) is 107 cm³/mol. The molecule has 0 saturated carbocycles. The number of hydrogen-bond donors (Lipinski definition) is 1. The monoisotopic (exact) mass is 399 g/mol. The average Bonchev–Trinajstić information content (AvgIpc) is 3.27. The zero-order chi connectivity index (χ0) is 20.6. The number of esters is 1. The van der Waals surface area contributed by atoms with Crippen molar-refractivity contribution in [1.82, 2.24) is 15.1 Å². The number of amides is 3. The molecule has 2 fully saturated rings. The third-order valence-corrected chi connectivity index (χ3v) is 6.50. The zero-order valence-electron chi connectivity index (χ0n) is 17.2. The second-order valence-electron chi connectivity index (χ2n) is 8.41. The summed E-state index contributed by atoms with van der Waals surface area (Å²) in [5, 5.41) is 2.91. The van der Waals surface area contributed by atoms with Crippen LogP contribution in [0.5, 0.6) is 0 Å². The van der Waals surface area contributed by atoms with Gasteiger partial charge in [0.05, 0.1) is 19.2 Å². The Kier molecular flexibility index (Phi) is 5.34. The van der Waals surface area contributed by atoms with Crippen LogP contribution in [0.15, 0.2) is 18.2 Å². The predicted octanol–water partition coefficient (Wildman–Crippen LogP) is 2.17. The number of carbonyl (C=O) groups is 3. The first kappa shape index (κ1) is 19.9. The van der Waals surface area contributed by atoms with Gasteiger partial charge in [0.15, 0.2) is 0 Å². The van der Waals surface area contributed by atoms with Gasteiger partial charge in [0.25, 0.3) is 5.91 Å². The van der Waals surface area contributed by atoms with Crippen LogP contribution in [0, 0.1) is 5.92 Å². The molecule has 0 radical (unpaired) electrons. The molecule has 0 spiro atoms. The molecule has 3 aliphatic rings. The number of nitrogens with zero attached hydrogens (tertiary/aromatic N) is 2. The normalized spacial score (nSPS) is 25.2. The fourth-order valence-corrected chi connectivity index (χ4v) is 4.67. The summed E-state index contributed by atoms with van der Waals surface area (Å²) in [6.45, 7) is 5.56. The Morgan fingerprint density at radius 2 is 1.93 bits per heavy atom. The van der Waals surface area contributed by atoms with Crippen molar-refractivity contribution in [3.63, 3.8) is 0 Å². The van der Waals surface area contributed by atoms with Crippen molar-refractivity contribution < 1.29 is 19.1 Å². The van der Waals surface area contributed by atoms with Crippen LogP contribution in [-0.2, 0) is 32.7 Å². The molecule has 156 valence electrons. The highest BCUT2D eigenvalue weighted by molar-refractivity contribution is 6.07. The van der Waals surface area contributed by atoms with Crippen LogP contribution in [0.3, 0.4) is 0 Å². The molecule has 1 unspecified atom stereocenters. The SMILES string of the molecule is CCOC(=O)C1CCN(CN2C(=O)NC(C)(c3ccc4c(c3)CCC4)C2=O)CC1. The van der Waals surface area contributed by atoms with Gasteiger partial charge in [0, 0.05) is 13.1 Å². The summed E-state index contributed by atoms with van der Waals surface area (Å²) in [4.78, 5) is 41.1. The van der Waals surface area contributed by atoms with Crippen LogP contribution in [0.1, 0.15) is 49.8 Å². The second kappa shape index (κ2) is 7.78. The van der Waals surface area contributed by atoms with Crippen molar-refractivity contribution in [3.05, 3.63) is 34.9 Å². The number of imide groups is 1. The minimum atomic E-state index is -1.03. The van der Waals surface area contributed by atoms with E-state index in [1.807, 2.05) is 13.0 Å². The standard InChI is InChI=1S/C22H29N3O4/c1-3-29-19(26)16-9-11-24(12-10-16)14-25-20(27)22(2,23-21(25)28)18-8-7-15-5-4-6-17(15)13-18/h7-8,13,16H,3-6,9-12,14H2,1-2H3,(H,23,28). The Morgan fingerprint density at radius 3 is 2.66 bits per heavy atom. The van der Waals surface area contributed by atoms with Crippen molar-refractivity contribution >= 4 is 17.9 Å². The number of aryl methyl sites for hydroxylation is 2. The van der Waals surface area contributed by atoms with Crippen molar-refractivity contribution in [1.29, 1.82) is 0 Å². The molecule has 0 bridgehead atoms. The van der Waals surface area contributed by atoms with Crippen LogP contribution in [0.25, 0.3) is 0 Å². The molecule has 1 aliphatic carbocycles. The first-order valence-corrected chi connectivity index (χ1v) is 10.6. The maximum absolute atomic E-state index is 13.2. The molecule has 7 heteroatoms. The summed E-state index contributed by atoms with van der Waals surface area (Å²) < 4.78 is 5.11. The third kappa shape index (κ3) is 3.64. The molecule has 7 nitrogen and oxygen atoms in total. The molecule has 4 rings (SSSR count). The van der Waals surface area contributed by atoms with E-state index >= 15 is 0 Å². The third-order valence-electron chi connectivity index (χ3n) is 6.50. The highest BCUT2D eigenvalue weighted by atomic mass is 16.5. The van der Waals surface area contributed by atoms with E-state index < -0.39 is 5.54 Å². The number of ether oxygens (including phenoxy) is 1. The highest BCUT2D eigenvalue weighted by Crippen LogP contribution is 2.33. The number of urea groups is 1. The number of carbonyl (C=O) groups excluding carboxylic acids is 3. The molecule has 29 heavy (non-hydrogen) atoms. The van der Waals surface area contributed by atoms with Crippen molar-refractivity contribution in [3.8, 4) is 0 Å². The lowest BCUT2D eigenvalue weighted by Crippen LogP contribution is -2.46. The van der Waals surface area contributed by atoms with E-state index in [-0.39, 0.29) is 30.5 Å². The molecule has 2 aliphatic heterocycles. The summed E-state index contributed by atoms with van der Waals surface area (Å²) in [6, 6.07) is 5.78. The van der Waals surface area contributed by atoms with Crippen molar-refractivity contribution in [2.75, 3.05) is 26.4 Å². The van der Waals surface area contributed by atoms with E-state index in [9.17, 15) is 14.4 Å². The number of rotatable bonds is 5. The van der Waals surface area contributed by atoms with Crippen LogP contribution in [-0.4, -0.2) is 54.1 Å². The second-order valence-corrected chi connectivity index (χ2v) is 8.41. The average molecular weight is 399 g/mol. The molecule has 3 amide bonds. The van der Waals surface area contributed by atoms with Crippen molar-refractivity contribution in [2.45, 2.75) is 51.5 Å². The largest absolute Gasteiger partial charge is 0.466 e. The fraction of sp³-hybridized carbons (Fsp3) is 0.591. The number of likely N-dealkylation sites (tertiary alicyclic amines) is 1. The highest BCUT2D eigenvalue weighted by Gasteiger charge is 2.49. The van der Waals surface area contributed by atoms with Gasteiger partial charge in [0.2, 0.25) is 0 Å². The summed E-state index contributed by atoms with van der Waals surface area (Å²) >= 11 is 0. The first-order valence-electron chi connectivity index (χ1n) is 10.6. The van der Waals surface area contributed by atoms with E-state index in [4.69, 9.17) is 4.74 Å². The van der Waals surface area contributed by atoms with Gasteiger partial charge in [-0.1, -0.05) is 18.2 Å². The van der Waals surface area contributed by atoms with Gasteiger partial charge in [-0.15, -0.1) is 0 Å². The summed E-state index contributed by atoms with van der Waals surface area (Å²) in [5.74, 6) is -0.453. The van der Waals surface area contributed by atoms with Gasteiger partial charge in [-0.2, -0.15) is 0 Å². The topological polar surface area (TPSA) is 79.0 Å². The Labute approximate surface area is 171 Å². The molecule has 2 heterocycles. The molecular formula is C22H29N3O4. The molecule has 1 atom stereocenters. The van der Waals surface area contributed by atoms with E-state index in [0.717, 1.165) is 24.8 Å². The number of piperidine rings is 1. The van der Waals surface area contributed by atoms with Crippen LogP contribution < -0.4 is 5.32 Å². The Balaban J connectivity index is 1.42. The quantitative estimate of drug-likeness (QED) is 0.606. The molecule has 0 aromatic heterocycles. The Hall–Kier alpha value is -2.41. The van der Waals surface area contributed by atoms with E-state index in [1.54, 1.807) is 6.92 Å². The molecule has 2 saturated heterocycles. The Bertz CT molecular complexity index is 831. The lowest BCUT2D eigenvalue weighted by atomic mass is 9.90. The zero-order valence-corrected chi connectivity index (χ0v) is 17.2. The van der Waals surface area contributed by atoms with Gasteiger partial charge in [-0.3, -0.25) is 14.5 Å². The first-order chi connectivity index (χ1) is 13.9. The fourth-order valence-electron chi connectivity index (χ4n) is 4.67. The van der Waals surface area contributed by atoms with Crippen LogP contribution in [0.4, 0.5) is 4.79 Å². The van der Waals surface area contributed by atoms with Crippen LogP contribution >= 0.6 is 0 Å². The van der Waals surface area contributed by atoms with Gasteiger partial charge >= 0.3 is 12.0 Å². The number of nitrogens with one attached hydrogen (secondary N) is 1. The molecular weight excluding hydrogens is 370 g/mol. The van der Waals surface area contributed by atoms with E-state index in [2.05, 4.69) is 22.3 Å². The lowest BCUT2D eigenvalue weighted by Gasteiger charge is -2.33. The molecule has 1 N–H and O–H groups in total. The van der Waals surface area contributed by atoms with Gasteiger partial charge < -0.3 is 10.1 Å². The van der Waals surface area contributed by atoms with E-state index in [1.165, 1.54) is 16.0 Å². The number of hydrogen-bond acceptors (Lipinski definition) is 5. The van der Waals surface area contributed by atoms with Crippen LogP contribution in [0.2, 0.25) is 0 Å². The molecule has 1 aromatic carbocycles.